The largest absolute Gasteiger partial charge is 0.493 e. The number of fused-ring (bicyclic) bond motifs is 1. The van der Waals surface area contributed by atoms with Crippen LogP contribution in [0.25, 0.3) is 0 Å². The smallest absolute Gasteiger partial charge is 0.119 e. The SMILES string of the molecule is CI.C[C@H](N)c1ccc(CN2CCc3cc(OCC4CC4)ccc3C2)cc1. The van der Waals surface area contributed by atoms with Crippen LogP contribution in [0.4, 0.5) is 0 Å². The lowest BCUT2D eigenvalue weighted by Crippen LogP contribution is -2.30. The van der Waals surface area contributed by atoms with Gasteiger partial charge in [-0.2, -0.15) is 0 Å². The van der Waals surface area contributed by atoms with Crippen molar-refractivity contribution in [3.63, 3.8) is 0 Å². The lowest BCUT2D eigenvalue weighted by molar-refractivity contribution is 0.244. The number of benzene rings is 2. The Morgan fingerprint density at radius 1 is 1.11 bits per heavy atom. The van der Waals surface area contributed by atoms with Crippen molar-refractivity contribution in [2.24, 2.45) is 11.7 Å². The normalized spacial score (nSPS) is 17.5. The topological polar surface area (TPSA) is 38.5 Å². The van der Waals surface area contributed by atoms with E-state index in [1.807, 2.05) is 11.9 Å². The number of halogens is 1. The summed E-state index contributed by atoms with van der Waals surface area (Å²) in [6.07, 6.45) is 3.78. The Hall–Kier alpha value is -1.11. The van der Waals surface area contributed by atoms with Gasteiger partial charge in [0.15, 0.2) is 0 Å². The molecular weight excluding hydrogens is 447 g/mol. The molecule has 27 heavy (non-hydrogen) atoms. The van der Waals surface area contributed by atoms with E-state index in [-0.39, 0.29) is 6.04 Å². The molecule has 4 rings (SSSR count). The molecule has 0 bridgehead atoms. The number of nitrogens with zero attached hydrogens (tertiary/aromatic N) is 1. The zero-order chi connectivity index (χ0) is 19.2. The van der Waals surface area contributed by atoms with Crippen LogP contribution in [0.5, 0.6) is 5.75 Å². The Balaban J connectivity index is 0.00000102. The third kappa shape index (κ3) is 5.93. The Kier molecular flexibility index (Phi) is 7.56. The van der Waals surface area contributed by atoms with Gasteiger partial charge < -0.3 is 10.5 Å². The molecule has 2 N–H and O–H groups in total. The molecule has 1 heterocycles. The van der Waals surface area contributed by atoms with Gasteiger partial charge in [-0.05, 0) is 71.4 Å². The molecule has 4 heteroatoms. The summed E-state index contributed by atoms with van der Waals surface area (Å²) in [5, 5.41) is 0. The second-order valence-corrected chi connectivity index (χ2v) is 7.68. The van der Waals surface area contributed by atoms with Crippen molar-refractivity contribution in [3.8, 4) is 5.75 Å². The fourth-order valence-corrected chi connectivity index (χ4v) is 3.50. The van der Waals surface area contributed by atoms with E-state index >= 15 is 0 Å². The van der Waals surface area contributed by atoms with E-state index < -0.39 is 0 Å². The van der Waals surface area contributed by atoms with Crippen molar-refractivity contribution >= 4 is 22.6 Å². The molecule has 1 aliphatic heterocycles. The maximum absolute atomic E-state index is 5.93. The molecule has 2 aromatic carbocycles. The van der Waals surface area contributed by atoms with E-state index in [9.17, 15) is 0 Å². The average molecular weight is 478 g/mol. The van der Waals surface area contributed by atoms with Crippen molar-refractivity contribution in [2.75, 3.05) is 18.1 Å². The summed E-state index contributed by atoms with van der Waals surface area (Å²) in [5.41, 5.74) is 11.4. The van der Waals surface area contributed by atoms with Crippen LogP contribution in [0.15, 0.2) is 42.5 Å². The van der Waals surface area contributed by atoms with Crippen LogP contribution in [-0.2, 0) is 19.5 Å². The minimum absolute atomic E-state index is 0.104. The molecule has 0 spiro atoms. The van der Waals surface area contributed by atoms with E-state index in [1.54, 1.807) is 0 Å². The lowest BCUT2D eigenvalue weighted by Gasteiger charge is -2.29. The molecule has 0 saturated heterocycles. The summed E-state index contributed by atoms with van der Waals surface area (Å²) in [4.78, 5) is 4.49. The first-order valence-corrected chi connectivity index (χ1v) is 12.0. The molecule has 1 saturated carbocycles. The van der Waals surface area contributed by atoms with Crippen LogP contribution in [0.2, 0.25) is 0 Å². The molecule has 0 radical (unpaired) electrons. The Morgan fingerprint density at radius 2 is 1.85 bits per heavy atom. The maximum atomic E-state index is 5.93. The van der Waals surface area contributed by atoms with Gasteiger partial charge in [0.05, 0.1) is 6.61 Å². The van der Waals surface area contributed by atoms with E-state index in [1.165, 1.54) is 35.1 Å². The first-order chi connectivity index (χ1) is 13.2. The Bertz CT molecular complexity index is 726. The summed E-state index contributed by atoms with van der Waals surface area (Å²) in [6, 6.07) is 15.5. The maximum Gasteiger partial charge on any atom is 0.119 e. The van der Waals surface area contributed by atoms with Crippen LogP contribution in [0.1, 0.15) is 48.1 Å². The van der Waals surface area contributed by atoms with E-state index in [0.29, 0.717) is 0 Å². The van der Waals surface area contributed by atoms with Crippen molar-refractivity contribution < 1.29 is 4.74 Å². The van der Waals surface area contributed by atoms with Crippen molar-refractivity contribution in [3.05, 3.63) is 64.7 Å². The van der Waals surface area contributed by atoms with Gasteiger partial charge in [0.25, 0.3) is 0 Å². The molecule has 1 atom stereocenters. The predicted molar refractivity (Wildman–Crippen MR) is 121 cm³/mol. The van der Waals surface area contributed by atoms with E-state index in [0.717, 1.165) is 44.3 Å². The van der Waals surface area contributed by atoms with Crippen molar-refractivity contribution in [2.45, 2.75) is 45.3 Å². The second kappa shape index (κ2) is 9.89. The van der Waals surface area contributed by atoms with Gasteiger partial charge in [-0.25, -0.2) is 0 Å². The molecule has 0 unspecified atom stereocenters. The number of hydrogen-bond donors (Lipinski definition) is 1. The van der Waals surface area contributed by atoms with E-state index in [2.05, 4.69) is 70.0 Å². The van der Waals surface area contributed by atoms with Crippen LogP contribution >= 0.6 is 22.6 Å². The van der Waals surface area contributed by atoms with Gasteiger partial charge >= 0.3 is 0 Å². The third-order valence-corrected chi connectivity index (χ3v) is 5.36. The monoisotopic (exact) mass is 478 g/mol. The highest BCUT2D eigenvalue weighted by Crippen LogP contribution is 2.30. The van der Waals surface area contributed by atoms with Gasteiger partial charge in [0.2, 0.25) is 0 Å². The lowest BCUT2D eigenvalue weighted by atomic mass is 9.98. The van der Waals surface area contributed by atoms with Crippen LogP contribution in [-0.4, -0.2) is 23.0 Å². The summed E-state index contributed by atoms with van der Waals surface area (Å²) >= 11 is 2.15. The quantitative estimate of drug-likeness (QED) is 0.464. The zero-order valence-electron chi connectivity index (χ0n) is 16.5. The van der Waals surface area contributed by atoms with Gasteiger partial charge in [0, 0.05) is 25.7 Å². The highest BCUT2D eigenvalue weighted by molar-refractivity contribution is 14.1. The van der Waals surface area contributed by atoms with Gasteiger partial charge in [0.1, 0.15) is 5.75 Å². The van der Waals surface area contributed by atoms with Gasteiger partial charge in [-0.3, -0.25) is 4.90 Å². The summed E-state index contributed by atoms with van der Waals surface area (Å²) in [5.74, 6) is 1.85. The van der Waals surface area contributed by atoms with Crippen LogP contribution in [0, 0.1) is 5.92 Å². The molecule has 1 fully saturated rings. The summed E-state index contributed by atoms with van der Waals surface area (Å²) < 4.78 is 5.93. The highest BCUT2D eigenvalue weighted by Gasteiger charge is 2.22. The Labute approximate surface area is 177 Å². The molecule has 3 nitrogen and oxygen atoms in total. The summed E-state index contributed by atoms with van der Waals surface area (Å²) in [6.45, 7) is 6.04. The number of hydrogen-bond acceptors (Lipinski definition) is 3. The minimum Gasteiger partial charge on any atom is -0.493 e. The number of rotatable bonds is 6. The fraction of sp³-hybridized carbons (Fsp3) is 0.478. The minimum atomic E-state index is 0.104. The molecule has 2 aromatic rings. The molecular formula is C23H31IN2O. The Morgan fingerprint density at radius 3 is 2.52 bits per heavy atom. The molecule has 146 valence electrons. The molecule has 2 aliphatic rings. The fourth-order valence-electron chi connectivity index (χ4n) is 3.50. The van der Waals surface area contributed by atoms with Crippen molar-refractivity contribution in [1.29, 1.82) is 0 Å². The first-order valence-electron chi connectivity index (χ1n) is 9.86. The van der Waals surface area contributed by atoms with Crippen LogP contribution < -0.4 is 10.5 Å². The number of alkyl halides is 1. The summed E-state index contributed by atoms with van der Waals surface area (Å²) in [7, 11) is 0. The van der Waals surface area contributed by atoms with Crippen LogP contribution in [0.3, 0.4) is 0 Å². The standard InChI is InChI=1S/C22H28N2O.CH3I/c1-16(23)19-6-4-17(5-7-19)13-24-11-10-20-12-22(9-8-21(20)14-24)25-15-18-2-3-18;1-2/h4-9,12,16,18H,2-3,10-11,13-15,23H2,1H3;1H3/t16-;/m0./s1. The zero-order valence-corrected chi connectivity index (χ0v) is 18.6. The van der Waals surface area contributed by atoms with Crippen molar-refractivity contribution in [1.82, 2.24) is 4.90 Å². The third-order valence-electron chi connectivity index (χ3n) is 5.36. The second-order valence-electron chi connectivity index (χ2n) is 7.68. The molecule has 1 aliphatic carbocycles. The van der Waals surface area contributed by atoms with Gasteiger partial charge in [-0.15, -0.1) is 0 Å². The number of ether oxygens (including phenoxy) is 1. The average Bonchev–Trinajstić information content (AvgIpc) is 3.53. The first kappa shape index (κ1) is 20.6. The molecule has 0 amide bonds. The molecule has 0 aromatic heterocycles. The van der Waals surface area contributed by atoms with E-state index in [4.69, 9.17) is 10.5 Å². The highest BCUT2D eigenvalue weighted by atomic mass is 127. The predicted octanol–water partition coefficient (Wildman–Crippen LogP) is 5.10. The van der Waals surface area contributed by atoms with Gasteiger partial charge in [-0.1, -0.05) is 52.9 Å². The number of nitrogens with two attached hydrogens (primary N) is 1.